The van der Waals surface area contributed by atoms with Crippen LogP contribution in [0.5, 0.6) is 11.5 Å². The highest BCUT2D eigenvalue weighted by molar-refractivity contribution is 6.46. The molecule has 2 N–H and O–H groups in total. The third kappa shape index (κ3) is 4.13. The highest BCUT2D eigenvalue weighted by atomic mass is 16.5. The number of aromatic hydroxyl groups is 1. The molecule has 1 atom stereocenters. The molecule has 2 aromatic rings. The lowest BCUT2D eigenvalue weighted by atomic mass is 9.96. The van der Waals surface area contributed by atoms with Gasteiger partial charge in [0, 0.05) is 25.0 Å². The van der Waals surface area contributed by atoms with Crippen molar-refractivity contribution in [3.05, 3.63) is 59.4 Å². The van der Waals surface area contributed by atoms with E-state index < -0.39 is 23.5 Å². The number of aromatic nitrogens is 1. The zero-order valence-electron chi connectivity index (χ0n) is 17.2. The van der Waals surface area contributed by atoms with Crippen LogP contribution in [0, 0.1) is 0 Å². The van der Waals surface area contributed by atoms with E-state index in [-0.39, 0.29) is 16.9 Å². The fourth-order valence-electron chi connectivity index (χ4n) is 3.54. The zero-order chi connectivity index (χ0) is 21.8. The Labute approximate surface area is 175 Å². The molecule has 8 nitrogen and oxygen atoms in total. The van der Waals surface area contributed by atoms with E-state index in [1.165, 1.54) is 24.1 Å². The van der Waals surface area contributed by atoms with E-state index in [4.69, 9.17) is 4.74 Å². The van der Waals surface area contributed by atoms with Gasteiger partial charge in [0.25, 0.3) is 11.7 Å². The van der Waals surface area contributed by atoms with Crippen molar-refractivity contribution in [2.75, 3.05) is 34.3 Å². The molecule has 0 bridgehead atoms. The summed E-state index contributed by atoms with van der Waals surface area (Å²) in [7, 11) is 5.31. The fraction of sp³-hybridized carbons (Fsp3) is 0.318. The lowest BCUT2D eigenvalue weighted by molar-refractivity contribution is -0.139. The number of carbonyl (C=O) groups excluding carboxylic acids is 2. The normalized spacial score (nSPS) is 18.3. The van der Waals surface area contributed by atoms with Gasteiger partial charge in [0.1, 0.15) is 17.3 Å². The number of nitrogens with zero attached hydrogens (tertiary/aromatic N) is 3. The van der Waals surface area contributed by atoms with E-state index in [2.05, 4.69) is 4.98 Å². The molecule has 1 aromatic carbocycles. The molecule has 1 fully saturated rings. The molecule has 1 aliphatic heterocycles. The van der Waals surface area contributed by atoms with Gasteiger partial charge >= 0.3 is 0 Å². The van der Waals surface area contributed by atoms with Crippen LogP contribution < -0.4 is 4.74 Å². The van der Waals surface area contributed by atoms with Crippen LogP contribution in [0.3, 0.4) is 0 Å². The van der Waals surface area contributed by atoms with Crippen molar-refractivity contribution >= 4 is 17.4 Å². The number of methoxy groups -OCH3 is 1. The van der Waals surface area contributed by atoms with Crippen molar-refractivity contribution in [1.82, 2.24) is 14.8 Å². The summed E-state index contributed by atoms with van der Waals surface area (Å²) in [5.74, 6) is -1.76. The molecule has 1 unspecified atom stereocenters. The number of Topliss-reactive ketones (excluding diaryl/α,β-unsaturated/α-hetero) is 1. The van der Waals surface area contributed by atoms with Gasteiger partial charge in [-0.15, -0.1) is 0 Å². The Balaban J connectivity index is 2.09. The Morgan fingerprint density at radius 2 is 2.03 bits per heavy atom. The molecule has 0 radical (unpaired) electrons. The van der Waals surface area contributed by atoms with Crippen molar-refractivity contribution in [2.45, 2.75) is 12.5 Å². The van der Waals surface area contributed by atoms with Gasteiger partial charge in [-0.3, -0.25) is 14.6 Å². The molecule has 3 rings (SSSR count). The molecule has 0 saturated carbocycles. The van der Waals surface area contributed by atoms with Gasteiger partial charge < -0.3 is 24.7 Å². The van der Waals surface area contributed by atoms with Crippen LogP contribution in [0.2, 0.25) is 0 Å². The number of likely N-dealkylation sites (tertiary alicyclic amines) is 1. The summed E-state index contributed by atoms with van der Waals surface area (Å²) in [6.07, 6.45) is 3.82. The van der Waals surface area contributed by atoms with E-state index in [1.807, 2.05) is 19.0 Å². The number of rotatable bonds is 7. The molecular weight excluding hydrogens is 386 g/mol. The average molecular weight is 411 g/mol. The number of phenolic OH excluding ortho intramolecular Hbond substituents is 1. The number of hydrogen-bond acceptors (Lipinski definition) is 7. The third-order valence-electron chi connectivity index (χ3n) is 5.00. The Hall–Kier alpha value is -3.39. The van der Waals surface area contributed by atoms with Gasteiger partial charge in [-0.05, 0) is 50.8 Å². The molecule has 1 amide bonds. The van der Waals surface area contributed by atoms with Gasteiger partial charge in [-0.2, -0.15) is 0 Å². The van der Waals surface area contributed by atoms with Crippen molar-refractivity contribution in [3.63, 3.8) is 0 Å². The van der Waals surface area contributed by atoms with Crippen molar-refractivity contribution < 1.29 is 24.5 Å². The second kappa shape index (κ2) is 8.96. The summed E-state index contributed by atoms with van der Waals surface area (Å²) in [6.45, 7) is 1.08. The topological polar surface area (TPSA) is 103 Å². The van der Waals surface area contributed by atoms with E-state index in [9.17, 15) is 19.8 Å². The number of pyridine rings is 1. The number of carbonyl (C=O) groups is 2. The number of phenols is 1. The van der Waals surface area contributed by atoms with Gasteiger partial charge in [-0.1, -0.05) is 6.07 Å². The summed E-state index contributed by atoms with van der Waals surface area (Å²) in [4.78, 5) is 33.3. The van der Waals surface area contributed by atoms with Crippen LogP contribution in [-0.4, -0.2) is 71.0 Å². The predicted molar refractivity (Wildman–Crippen MR) is 111 cm³/mol. The summed E-state index contributed by atoms with van der Waals surface area (Å²) in [6, 6.07) is 7.01. The largest absolute Gasteiger partial charge is 0.507 e. The highest BCUT2D eigenvalue weighted by Gasteiger charge is 2.46. The number of benzene rings is 1. The maximum Gasteiger partial charge on any atom is 0.295 e. The molecule has 30 heavy (non-hydrogen) atoms. The molecule has 158 valence electrons. The zero-order valence-corrected chi connectivity index (χ0v) is 17.2. The quantitative estimate of drug-likeness (QED) is 0.409. The smallest absolute Gasteiger partial charge is 0.295 e. The first kappa shape index (κ1) is 21.3. The highest BCUT2D eigenvalue weighted by Crippen LogP contribution is 2.41. The summed E-state index contributed by atoms with van der Waals surface area (Å²) in [5.41, 5.74) is 0.588. The predicted octanol–water partition coefficient (Wildman–Crippen LogP) is 2.17. The van der Waals surface area contributed by atoms with Crippen molar-refractivity contribution in [2.24, 2.45) is 0 Å². The Morgan fingerprint density at radius 3 is 2.63 bits per heavy atom. The molecule has 1 aliphatic rings. The monoisotopic (exact) mass is 411 g/mol. The van der Waals surface area contributed by atoms with Crippen molar-refractivity contribution in [3.8, 4) is 11.5 Å². The van der Waals surface area contributed by atoms with Crippen LogP contribution >= 0.6 is 0 Å². The first-order valence-electron chi connectivity index (χ1n) is 9.55. The first-order valence-corrected chi connectivity index (χ1v) is 9.55. The van der Waals surface area contributed by atoms with Gasteiger partial charge in [0.2, 0.25) is 0 Å². The summed E-state index contributed by atoms with van der Waals surface area (Å²) >= 11 is 0. The number of hydrogen-bond donors (Lipinski definition) is 2. The Bertz CT molecular complexity index is 972. The third-order valence-corrected chi connectivity index (χ3v) is 5.00. The molecule has 1 saturated heterocycles. The van der Waals surface area contributed by atoms with E-state index in [0.29, 0.717) is 24.3 Å². The van der Waals surface area contributed by atoms with Gasteiger partial charge in [-0.25, -0.2) is 0 Å². The number of amides is 1. The molecular formula is C22H25N3O5. The van der Waals surface area contributed by atoms with Crippen LogP contribution in [-0.2, 0) is 9.59 Å². The Kier molecular flexibility index (Phi) is 6.37. The van der Waals surface area contributed by atoms with Crippen LogP contribution in [0.1, 0.15) is 23.6 Å². The average Bonchev–Trinajstić information content (AvgIpc) is 2.98. The second-order valence-electron chi connectivity index (χ2n) is 7.32. The lowest BCUT2D eigenvalue weighted by Gasteiger charge is -2.25. The minimum absolute atomic E-state index is 0.0518. The molecule has 0 aliphatic carbocycles. The Morgan fingerprint density at radius 1 is 1.27 bits per heavy atom. The maximum atomic E-state index is 12.9. The second-order valence-corrected chi connectivity index (χ2v) is 7.32. The van der Waals surface area contributed by atoms with Crippen LogP contribution in [0.15, 0.2) is 48.3 Å². The molecule has 8 heteroatoms. The van der Waals surface area contributed by atoms with E-state index >= 15 is 0 Å². The van der Waals surface area contributed by atoms with Crippen LogP contribution in [0.4, 0.5) is 0 Å². The number of ether oxygens (including phenoxy) is 1. The van der Waals surface area contributed by atoms with Gasteiger partial charge in [0.05, 0.1) is 24.3 Å². The lowest BCUT2D eigenvalue weighted by Crippen LogP contribution is -2.32. The number of aliphatic hydroxyl groups excluding tert-OH is 1. The maximum absolute atomic E-state index is 12.9. The first-order chi connectivity index (χ1) is 14.3. The molecule has 0 spiro atoms. The van der Waals surface area contributed by atoms with E-state index in [0.717, 1.165) is 6.54 Å². The molecule has 2 heterocycles. The standard InChI is InChI=1S/C22H25N3O5/c1-24(2)10-5-11-25-19(14-6-4-9-23-13-14)18(21(28)22(25)29)20(27)16-8-7-15(30-3)12-17(16)26/h4,6-9,12-13,19,26-27H,5,10-11H2,1-3H3. The number of aliphatic hydroxyl groups is 1. The molecule has 1 aromatic heterocycles. The summed E-state index contributed by atoms with van der Waals surface area (Å²) in [5, 5.41) is 21.3. The number of ketones is 1. The van der Waals surface area contributed by atoms with Crippen LogP contribution in [0.25, 0.3) is 5.76 Å². The summed E-state index contributed by atoms with van der Waals surface area (Å²) < 4.78 is 5.07. The minimum Gasteiger partial charge on any atom is -0.507 e. The van der Waals surface area contributed by atoms with Gasteiger partial charge in [0.15, 0.2) is 0 Å². The fourth-order valence-corrected chi connectivity index (χ4v) is 3.54. The van der Waals surface area contributed by atoms with Crippen molar-refractivity contribution in [1.29, 1.82) is 0 Å². The van der Waals surface area contributed by atoms with E-state index in [1.54, 1.807) is 30.6 Å². The minimum atomic E-state index is -0.790. The SMILES string of the molecule is COc1ccc(C(O)=C2C(=O)C(=O)N(CCCN(C)C)C2c2cccnc2)c(O)c1.